The molecule has 0 amide bonds. The molecule has 3 aromatic heterocycles. The Morgan fingerprint density at radius 1 is 0.387 bits per heavy atom. The molecular weight excluding hydrogens is 1100 g/mol. The van der Waals surface area contributed by atoms with E-state index in [4.69, 9.17) is 37.9 Å². The van der Waals surface area contributed by atoms with E-state index in [1.54, 1.807) is 35.8 Å². The van der Waals surface area contributed by atoms with Crippen LogP contribution in [0, 0.1) is 0 Å². The first kappa shape index (κ1) is 74.9. The molecule has 0 saturated carbocycles. The van der Waals surface area contributed by atoms with E-state index in [1.165, 1.54) is 6.42 Å². The molecule has 6 atom stereocenters. The van der Waals surface area contributed by atoms with Gasteiger partial charge in [-0.05, 0) is 151 Å². The molecule has 19 heteroatoms. The van der Waals surface area contributed by atoms with Crippen LogP contribution in [0.2, 0.25) is 0 Å². The Hall–Kier alpha value is -0.0700. The van der Waals surface area contributed by atoms with Crippen LogP contribution in [0.5, 0.6) is 0 Å². The number of aromatic nitrogens is 3. The van der Waals surface area contributed by atoms with Crippen LogP contribution in [0.4, 0.5) is 0 Å². The van der Waals surface area contributed by atoms with E-state index in [0.717, 1.165) is 132 Å². The summed E-state index contributed by atoms with van der Waals surface area (Å²) in [5, 5.41) is 5.42. The van der Waals surface area contributed by atoms with Gasteiger partial charge < -0.3 is 37.9 Å². The average molecular weight is 1200 g/mol. The summed E-state index contributed by atoms with van der Waals surface area (Å²) in [5.41, 5.74) is 1.16. The molecule has 6 unspecified atom stereocenters. The Labute approximate surface area is 493 Å². The topological polar surface area (TPSA) is 113 Å². The van der Waals surface area contributed by atoms with Crippen LogP contribution in [-0.4, -0.2) is 153 Å². The molecule has 0 radical (unpaired) electrons. The van der Waals surface area contributed by atoms with Crippen molar-refractivity contribution in [2.75, 3.05) is 107 Å². The van der Waals surface area contributed by atoms with Crippen molar-refractivity contribution in [1.82, 2.24) is 15.0 Å². The van der Waals surface area contributed by atoms with Crippen LogP contribution in [0.3, 0.4) is 0 Å². The highest BCUT2D eigenvalue weighted by molar-refractivity contribution is 8.77. The van der Waals surface area contributed by atoms with E-state index >= 15 is 0 Å². The zero-order chi connectivity index (χ0) is 55.1. The minimum atomic E-state index is 0.475. The maximum absolute atomic E-state index is 5.70. The third kappa shape index (κ3) is 58.4. The van der Waals surface area contributed by atoms with Gasteiger partial charge in [0, 0.05) is 94.0 Å². The van der Waals surface area contributed by atoms with Gasteiger partial charge in [0.2, 0.25) is 0 Å². The molecular formula is C56H99N3O8S8. The number of pyridine rings is 3. The zero-order valence-electron chi connectivity index (χ0n) is 47.0. The van der Waals surface area contributed by atoms with Gasteiger partial charge in [0.1, 0.15) is 10.1 Å². The number of thiol groups is 3. The number of hydrogen-bond acceptors (Lipinski definition) is 19. The van der Waals surface area contributed by atoms with Crippen molar-refractivity contribution in [1.29, 1.82) is 0 Å². The minimum Gasteiger partial charge on any atom is -0.382 e. The molecule has 0 aliphatic rings. The first-order valence-electron chi connectivity index (χ1n) is 26.9. The maximum Gasteiger partial charge on any atom is 0.106 e. The van der Waals surface area contributed by atoms with Gasteiger partial charge in [-0.15, -0.1) is 0 Å². The SMILES string of the molecule is CC(CCCOCCOCCCC(C)SSc1ccccn1)SCc1ccccn1.CC(S)CCCOCCOCCCC(C)S.COCCOCCCC(C)S.COCCOCCCC(C)SSc1ccccn1. The fourth-order valence-corrected chi connectivity index (χ4v) is 11.7. The van der Waals surface area contributed by atoms with E-state index in [-0.39, 0.29) is 0 Å². The van der Waals surface area contributed by atoms with Crippen molar-refractivity contribution < 1.29 is 37.9 Å². The van der Waals surface area contributed by atoms with Crippen molar-refractivity contribution in [3.05, 3.63) is 78.9 Å². The standard InChI is InChI=1S/C23H34N2O2S3.C13H21NO2S2.C12H26O2S2.C8H18O2S/c1-20(28-19-22-11-3-5-13-24-22)9-7-15-26-17-18-27-16-8-10-21(2)29-30-23-12-4-6-14-25-23;1-12(6-5-9-16-11-10-15-2)17-18-13-7-3-4-8-14-13;1-11(15)5-3-7-13-9-10-14-8-4-6-12(2)16;1-8(11)4-3-5-10-7-6-9-2/h3-6,11-14,20-21H,7-10,15-19H2,1-2H3;3-4,7-8,12H,5-6,9-11H2,1-2H3;11-12,15-16H,3-10H2,1-2H3;8,11H,3-7H2,1-2H3. The van der Waals surface area contributed by atoms with Gasteiger partial charge in [-0.25, -0.2) is 9.97 Å². The van der Waals surface area contributed by atoms with Gasteiger partial charge >= 0.3 is 0 Å². The number of methoxy groups -OCH3 is 2. The molecule has 3 rings (SSSR count). The Morgan fingerprint density at radius 2 is 0.707 bits per heavy atom. The van der Waals surface area contributed by atoms with Gasteiger partial charge in [0.05, 0.1) is 58.5 Å². The first-order valence-corrected chi connectivity index (χ1v) is 34.0. The second-order valence-electron chi connectivity index (χ2n) is 17.8. The lowest BCUT2D eigenvalue weighted by Crippen LogP contribution is -2.08. The molecule has 0 N–H and O–H groups in total. The molecule has 0 spiro atoms. The Kier molecular flexibility index (Phi) is 58.5. The summed E-state index contributed by atoms with van der Waals surface area (Å²) in [4.78, 5) is 13.0. The third-order valence-electron chi connectivity index (χ3n) is 10.2. The summed E-state index contributed by atoms with van der Waals surface area (Å²) in [6, 6.07) is 18.1. The van der Waals surface area contributed by atoms with Crippen LogP contribution >= 0.6 is 92.8 Å². The zero-order valence-corrected chi connectivity index (χ0v) is 53.7. The van der Waals surface area contributed by atoms with Crippen molar-refractivity contribution in [2.45, 2.75) is 166 Å². The molecule has 3 aromatic rings. The van der Waals surface area contributed by atoms with Crippen LogP contribution in [0.25, 0.3) is 0 Å². The summed E-state index contributed by atoms with van der Waals surface area (Å²) in [7, 11) is 10.6. The molecule has 0 aliphatic heterocycles. The van der Waals surface area contributed by atoms with Gasteiger partial charge in [-0.1, -0.05) is 81.3 Å². The highest BCUT2D eigenvalue weighted by Gasteiger charge is 2.07. The summed E-state index contributed by atoms with van der Waals surface area (Å²) in [5.74, 6) is 0.982. The van der Waals surface area contributed by atoms with E-state index in [0.29, 0.717) is 84.4 Å². The van der Waals surface area contributed by atoms with Crippen LogP contribution in [0.15, 0.2) is 83.2 Å². The molecule has 0 saturated heterocycles. The minimum absolute atomic E-state index is 0.475. The molecule has 434 valence electrons. The third-order valence-corrected chi connectivity index (χ3v) is 17.9. The summed E-state index contributed by atoms with van der Waals surface area (Å²) in [6.07, 6.45) is 18.9. The predicted molar refractivity (Wildman–Crippen MR) is 339 cm³/mol. The molecule has 3 heterocycles. The molecule has 0 bridgehead atoms. The number of nitrogens with zero attached hydrogens (tertiary/aromatic N) is 3. The van der Waals surface area contributed by atoms with Gasteiger partial charge in [-0.3, -0.25) is 4.98 Å². The fourth-order valence-electron chi connectivity index (χ4n) is 5.94. The average Bonchev–Trinajstić information content (AvgIpc) is 3.41. The van der Waals surface area contributed by atoms with Gasteiger partial charge in [0.15, 0.2) is 0 Å². The molecule has 11 nitrogen and oxygen atoms in total. The smallest absolute Gasteiger partial charge is 0.106 e. The van der Waals surface area contributed by atoms with Crippen molar-refractivity contribution in [3.8, 4) is 0 Å². The van der Waals surface area contributed by atoms with Gasteiger partial charge in [-0.2, -0.15) is 49.6 Å². The Morgan fingerprint density at radius 3 is 1.01 bits per heavy atom. The normalized spacial score (nSPS) is 13.5. The fraction of sp³-hybridized carbons (Fsp3) is 0.732. The highest BCUT2D eigenvalue weighted by Crippen LogP contribution is 2.35. The van der Waals surface area contributed by atoms with E-state index in [9.17, 15) is 0 Å². The lowest BCUT2D eigenvalue weighted by atomic mass is 10.2. The van der Waals surface area contributed by atoms with Crippen LogP contribution < -0.4 is 0 Å². The maximum atomic E-state index is 5.70. The second kappa shape index (κ2) is 58.6. The number of thioether (sulfide) groups is 1. The van der Waals surface area contributed by atoms with E-state index < -0.39 is 0 Å². The van der Waals surface area contributed by atoms with Crippen molar-refractivity contribution in [3.63, 3.8) is 0 Å². The Balaban J connectivity index is 0.00000105. The summed E-state index contributed by atoms with van der Waals surface area (Å²) in [6.45, 7) is 23.6. The van der Waals surface area contributed by atoms with Gasteiger partial charge in [0.25, 0.3) is 0 Å². The second-order valence-corrected chi connectivity index (χ2v) is 27.2. The first-order chi connectivity index (χ1) is 36.5. The molecule has 0 aliphatic carbocycles. The lowest BCUT2D eigenvalue weighted by molar-refractivity contribution is 0.0452. The Bertz CT molecular complexity index is 1490. The molecule has 75 heavy (non-hydrogen) atoms. The highest BCUT2D eigenvalue weighted by atomic mass is 33.1. The van der Waals surface area contributed by atoms with Crippen molar-refractivity contribution in [2.24, 2.45) is 0 Å². The number of rotatable bonds is 45. The summed E-state index contributed by atoms with van der Waals surface area (Å²) >= 11 is 14.8. The predicted octanol–water partition coefficient (Wildman–Crippen LogP) is 15.1. The van der Waals surface area contributed by atoms with Crippen LogP contribution in [-0.2, 0) is 43.6 Å². The monoisotopic (exact) mass is 1200 g/mol. The van der Waals surface area contributed by atoms with Crippen molar-refractivity contribution >= 4 is 92.8 Å². The number of hydrogen-bond donors (Lipinski definition) is 3. The van der Waals surface area contributed by atoms with E-state index in [2.05, 4.69) is 107 Å². The quantitative estimate of drug-likeness (QED) is 0.0283. The lowest BCUT2D eigenvalue weighted by Gasteiger charge is -2.11. The van der Waals surface area contributed by atoms with Crippen LogP contribution in [0.1, 0.15) is 124 Å². The molecule has 0 fully saturated rings. The largest absolute Gasteiger partial charge is 0.382 e. The number of ether oxygens (including phenoxy) is 8. The van der Waals surface area contributed by atoms with E-state index in [1.807, 2.05) is 94.4 Å². The molecule has 0 aromatic carbocycles. The summed E-state index contributed by atoms with van der Waals surface area (Å²) < 4.78 is 42.7.